The van der Waals surface area contributed by atoms with E-state index in [4.69, 9.17) is 21.6 Å². The van der Waals surface area contributed by atoms with Crippen molar-refractivity contribution in [1.29, 1.82) is 0 Å². The van der Waals surface area contributed by atoms with Gasteiger partial charge in [-0.25, -0.2) is 0 Å². The van der Waals surface area contributed by atoms with Crippen LogP contribution >= 0.6 is 0 Å². The van der Waals surface area contributed by atoms with Gasteiger partial charge in [-0.05, 0) is 48.5 Å². The minimum Gasteiger partial charge on any atom is -0.320 e. The fourth-order valence-electron chi connectivity index (χ4n) is 1.36. The van der Waals surface area contributed by atoms with Crippen LogP contribution in [0.2, 0.25) is 0 Å². The largest absolute Gasteiger partial charge is 0.320 e. The monoisotopic (exact) mass is 340 g/mol. The van der Waals surface area contributed by atoms with Crippen molar-refractivity contribution < 1.29 is 39.5 Å². The predicted molar refractivity (Wildman–Crippen MR) is 73.0 cm³/mol. The summed E-state index contributed by atoms with van der Waals surface area (Å²) in [7, 11) is 0. The third kappa shape index (κ3) is 5.82. The SMILES string of the molecule is NOOc1ccc(OO/N=N\OOc2ccc(OON)cc2)cc1. The number of benzene rings is 2. The highest BCUT2D eigenvalue weighted by molar-refractivity contribution is 5.31. The molecule has 12 heteroatoms. The number of rotatable bonds is 10. The van der Waals surface area contributed by atoms with Crippen molar-refractivity contribution in [2.75, 3.05) is 0 Å². The Morgan fingerprint density at radius 1 is 0.500 bits per heavy atom. The number of nitrogens with zero attached hydrogens (tertiary/aromatic N) is 2. The van der Waals surface area contributed by atoms with Gasteiger partial charge in [0.1, 0.15) is 10.6 Å². The van der Waals surface area contributed by atoms with E-state index in [2.05, 4.69) is 40.3 Å². The number of hydrogen-bond donors (Lipinski definition) is 2. The van der Waals surface area contributed by atoms with Crippen LogP contribution in [0.25, 0.3) is 0 Å². The van der Waals surface area contributed by atoms with Crippen LogP contribution in [0.4, 0.5) is 0 Å². The van der Waals surface area contributed by atoms with Crippen LogP contribution in [0, 0.1) is 0 Å². The molecule has 0 aromatic heterocycles. The zero-order valence-corrected chi connectivity index (χ0v) is 11.9. The molecule has 0 amide bonds. The lowest BCUT2D eigenvalue weighted by Gasteiger charge is -2.02. The Kier molecular flexibility index (Phi) is 6.85. The van der Waals surface area contributed by atoms with Gasteiger partial charge in [0.05, 0.1) is 0 Å². The maximum atomic E-state index is 4.77. The average Bonchev–Trinajstić information content (AvgIpc) is 2.61. The molecule has 128 valence electrons. The molecule has 24 heavy (non-hydrogen) atoms. The van der Waals surface area contributed by atoms with Crippen LogP contribution in [0.5, 0.6) is 23.0 Å². The summed E-state index contributed by atoms with van der Waals surface area (Å²) >= 11 is 0. The topological polar surface area (TPSA) is 151 Å². The minimum absolute atomic E-state index is 0.317. The summed E-state index contributed by atoms with van der Waals surface area (Å²) in [5, 5.41) is 6.21. The second-order valence-corrected chi connectivity index (χ2v) is 3.78. The fourth-order valence-corrected chi connectivity index (χ4v) is 1.36. The molecular weight excluding hydrogens is 328 g/mol. The molecule has 0 atom stereocenters. The van der Waals surface area contributed by atoms with Crippen LogP contribution < -0.4 is 31.3 Å². The summed E-state index contributed by atoms with van der Waals surface area (Å²) in [6, 6.07) is 12.1. The summed E-state index contributed by atoms with van der Waals surface area (Å²) < 4.78 is 0. The Hall–Kier alpha value is -3.32. The molecule has 0 saturated carbocycles. The molecule has 0 heterocycles. The lowest BCUT2D eigenvalue weighted by molar-refractivity contribution is -0.265. The van der Waals surface area contributed by atoms with Crippen LogP contribution in [0.15, 0.2) is 59.1 Å². The summed E-state index contributed by atoms with van der Waals surface area (Å²) in [6.45, 7) is 0. The third-order valence-corrected chi connectivity index (χ3v) is 2.30. The summed E-state index contributed by atoms with van der Waals surface area (Å²) in [5.41, 5.74) is 0. The molecule has 0 aliphatic rings. The van der Waals surface area contributed by atoms with E-state index >= 15 is 0 Å². The molecule has 12 nitrogen and oxygen atoms in total. The molecule has 0 bridgehead atoms. The van der Waals surface area contributed by atoms with Crippen molar-refractivity contribution in [3.8, 4) is 23.0 Å². The fraction of sp³-hybridized carbons (Fsp3) is 0. The smallest absolute Gasteiger partial charge is 0.181 e. The number of hydrogen-bond acceptors (Lipinski definition) is 12. The Morgan fingerprint density at radius 3 is 1.08 bits per heavy atom. The Morgan fingerprint density at radius 2 is 0.792 bits per heavy atom. The zero-order chi connectivity index (χ0) is 17.0. The van der Waals surface area contributed by atoms with Gasteiger partial charge < -0.3 is 9.78 Å². The quantitative estimate of drug-likeness (QED) is 0.371. The predicted octanol–water partition coefficient (Wildman–Crippen LogP) is 1.66. The molecule has 0 fully saturated rings. The number of nitrogens with two attached hydrogens (primary N) is 2. The summed E-state index contributed by atoms with van der Waals surface area (Å²) in [6.07, 6.45) is 0. The molecule has 0 spiro atoms. The van der Waals surface area contributed by atoms with Crippen LogP contribution in [-0.4, -0.2) is 0 Å². The van der Waals surface area contributed by atoms with Gasteiger partial charge in [-0.1, -0.05) is 9.98 Å². The van der Waals surface area contributed by atoms with E-state index in [-0.39, 0.29) is 0 Å². The first kappa shape index (κ1) is 17.0. The lowest BCUT2D eigenvalue weighted by atomic mass is 10.3. The molecule has 0 aliphatic carbocycles. The molecule has 0 aliphatic heterocycles. The van der Waals surface area contributed by atoms with Crippen LogP contribution in [0.1, 0.15) is 0 Å². The van der Waals surface area contributed by atoms with E-state index in [1.165, 1.54) is 48.5 Å². The average molecular weight is 340 g/mol. The van der Waals surface area contributed by atoms with Crippen molar-refractivity contribution in [3.63, 3.8) is 0 Å². The highest BCUT2D eigenvalue weighted by Crippen LogP contribution is 2.18. The van der Waals surface area contributed by atoms with Gasteiger partial charge in [0, 0.05) is 0 Å². The van der Waals surface area contributed by atoms with Crippen molar-refractivity contribution in [2.24, 2.45) is 22.3 Å². The maximum absolute atomic E-state index is 4.77. The molecule has 0 radical (unpaired) electrons. The molecule has 0 saturated heterocycles. The van der Waals surface area contributed by atoms with Gasteiger partial charge in [-0.3, -0.25) is 9.78 Å². The van der Waals surface area contributed by atoms with E-state index in [1.807, 2.05) is 0 Å². The van der Waals surface area contributed by atoms with Gasteiger partial charge in [0.15, 0.2) is 23.0 Å². The zero-order valence-electron chi connectivity index (χ0n) is 11.9. The van der Waals surface area contributed by atoms with Gasteiger partial charge >= 0.3 is 0 Å². The molecule has 0 unspecified atom stereocenters. The Labute approximate surface area is 134 Å². The molecule has 2 rings (SSSR count). The van der Waals surface area contributed by atoms with Crippen molar-refractivity contribution >= 4 is 0 Å². The highest BCUT2D eigenvalue weighted by atomic mass is 17.3. The Bertz CT molecular complexity index is 566. The van der Waals surface area contributed by atoms with Crippen LogP contribution in [0.3, 0.4) is 0 Å². The van der Waals surface area contributed by atoms with Crippen molar-refractivity contribution in [3.05, 3.63) is 48.5 Å². The van der Waals surface area contributed by atoms with Gasteiger partial charge in [-0.2, -0.15) is 11.8 Å². The van der Waals surface area contributed by atoms with E-state index in [1.54, 1.807) is 0 Å². The molecule has 2 aromatic rings. The van der Waals surface area contributed by atoms with E-state index in [0.29, 0.717) is 23.0 Å². The normalized spacial score (nSPS) is 10.2. The second-order valence-electron chi connectivity index (χ2n) is 3.78. The standard InChI is InChI=1S/C12H12N4O8/c13-21-17-9-1-5-11(6-2-9)19-23-15-16-24-20-12-7-3-10(4-8-12)18-22-14/h1-8H,13-14H2/b16-15-. The second kappa shape index (κ2) is 9.65. The first-order valence-corrected chi connectivity index (χ1v) is 6.16. The Balaban J connectivity index is 1.65. The van der Waals surface area contributed by atoms with E-state index in [9.17, 15) is 0 Å². The maximum Gasteiger partial charge on any atom is 0.181 e. The summed E-state index contributed by atoms with van der Waals surface area (Å²) in [5.74, 6) is 10.9. The lowest BCUT2D eigenvalue weighted by Crippen LogP contribution is -2.03. The first-order chi connectivity index (χ1) is 11.8. The first-order valence-electron chi connectivity index (χ1n) is 6.16. The van der Waals surface area contributed by atoms with E-state index < -0.39 is 0 Å². The van der Waals surface area contributed by atoms with Crippen LogP contribution in [-0.2, 0) is 20.0 Å². The molecular formula is C12H12N4O8. The van der Waals surface area contributed by atoms with Crippen molar-refractivity contribution in [1.82, 2.24) is 0 Å². The molecule has 2 aromatic carbocycles. The van der Waals surface area contributed by atoms with Crippen molar-refractivity contribution in [2.45, 2.75) is 0 Å². The van der Waals surface area contributed by atoms with Gasteiger partial charge in [-0.15, -0.1) is 9.98 Å². The minimum atomic E-state index is 0.317. The van der Waals surface area contributed by atoms with E-state index in [0.717, 1.165) is 0 Å². The third-order valence-electron chi connectivity index (χ3n) is 2.30. The molecule has 4 N–H and O–H groups in total. The summed E-state index contributed by atoms with van der Waals surface area (Å²) in [4.78, 5) is 35.5. The van der Waals surface area contributed by atoms with Gasteiger partial charge in [0.2, 0.25) is 0 Å². The highest BCUT2D eigenvalue weighted by Gasteiger charge is 1.99. The van der Waals surface area contributed by atoms with Gasteiger partial charge in [0.25, 0.3) is 0 Å².